The normalized spacial score (nSPS) is 11.5. The number of aromatic nitrogens is 3. The predicted octanol–water partition coefficient (Wildman–Crippen LogP) is 5.19. The van der Waals surface area contributed by atoms with Gasteiger partial charge in [-0.05, 0) is 54.1 Å². The van der Waals surface area contributed by atoms with Crippen molar-refractivity contribution in [1.29, 1.82) is 0 Å². The van der Waals surface area contributed by atoms with Gasteiger partial charge in [0.05, 0.1) is 5.56 Å². The molecule has 32 heavy (non-hydrogen) atoms. The molecule has 0 aliphatic heterocycles. The maximum Gasteiger partial charge on any atom is 0.416 e. The summed E-state index contributed by atoms with van der Waals surface area (Å²) in [5.74, 6) is 0.312. The van der Waals surface area contributed by atoms with Gasteiger partial charge in [0.25, 0.3) is 5.89 Å². The lowest BCUT2D eigenvalue weighted by Crippen LogP contribution is -2.27. The van der Waals surface area contributed by atoms with Gasteiger partial charge in [-0.25, -0.2) is 0 Å². The molecular weight excluding hydrogens is 445 g/mol. The minimum absolute atomic E-state index is 0.0262. The molecule has 2 heterocycles. The summed E-state index contributed by atoms with van der Waals surface area (Å²) in [6.07, 6.45) is -2.70. The molecule has 0 fully saturated rings. The second-order valence-electron chi connectivity index (χ2n) is 6.92. The first-order chi connectivity index (χ1) is 15.3. The van der Waals surface area contributed by atoms with Crippen LogP contribution in [0.15, 0.2) is 71.4 Å². The molecule has 2 aromatic heterocycles. The molecule has 1 amide bonds. The second-order valence-corrected chi connectivity index (χ2v) is 7.36. The molecule has 1 N–H and O–H groups in total. The summed E-state index contributed by atoms with van der Waals surface area (Å²) in [6.45, 7) is 0.0798. The van der Waals surface area contributed by atoms with Gasteiger partial charge >= 0.3 is 6.18 Å². The molecule has 2 aromatic carbocycles. The number of rotatable bonds is 6. The lowest BCUT2D eigenvalue weighted by atomic mass is 10.1. The van der Waals surface area contributed by atoms with E-state index in [-0.39, 0.29) is 24.9 Å². The zero-order valence-electron chi connectivity index (χ0n) is 16.4. The topological polar surface area (TPSA) is 73.0 Å². The van der Waals surface area contributed by atoms with E-state index in [9.17, 15) is 18.0 Å². The van der Waals surface area contributed by atoms with Crippen molar-refractivity contribution >= 4 is 17.5 Å². The van der Waals surface area contributed by atoms with Gasteiger partial charge < -0.3 is 14.4 Å². The predicted molar refractivity (Wildman–Crippen MR) is 111 cm³/mol. The molecule has 6 nitrogen and oxygen atoms in total. The van der Waals surface area contributed by atoms with E-state index >= 15 is 0 Å². The van der Waals surface area contributed by atoms with Crippen LogP contribution in [0.5, 0.6) is 0 Å². The van der Waals surface area contributed by atoms with Crippen LogP contribution in [0.3, 0.4) is 0 Å². The van der Waals surface area contributed by atoms with E-state index < -0.39 is 11.7 Å². The zero-order valence-corrected chi connectivity index (χ0v) is 17.2. The van der Waals surface area contributed by atoms with Crippen LogP contribution >= 0.6 is 11.6 Å². The molecule has 4 aromatic rings. The Balaban J connectivity index is 1.40. The Morgan fingerprint density at radius 3 is 2.47 bits per heavy atom. The van der Waals surface area contributed by atoms with Crippen molar-refractivity contribution in [2.75, 3.05) is 0 Å². The van der Waals surface area contributed by atoms with Crippen LogP contribution in [-0.4, -0.2) is 20.6 Å². The van der Waals surface area contributed by atoms with Crippen LogP contribution in [-0.2, 0) is 24.1 Å². The monoisotopic (exact) mass is 460 g/mol. The van der Waals surface area contributed by atoms with Crippen LogP contribution in [0.25, 0.3) is 23.0 Å². The van der Waals surface area contributed by atoms with Gasteiger partial charge in [-0.15, -0.1) is 0 Å². The number of benzene rings is 2. The first-order valence-corrected chi connectivity index (χ1v) is 9.85. The summed E-state index contributed by atoms with van der Waals surface area (Å²) in [7, 11) is 0. The van der Waals surface area contributed by atoms with E-state index in [1.807, 2.05) is 0 Å². The Kier molecular flexibility index (Phi) is 6.00. The van der Waals surface area contributed by atoms with Gasteiger partial charge in [0.1, 0.15) is 12.2 Å². The Labute approximate surface area is 185 Å². The number of halogens is 4. The molecule has 164 valence electrons. The highest BCUT2D eigenvalue weighted by Crippen LogP contribution is 2.29. The van der Waals surface area contributed by atoms with Gasteiger partial charge in [0.15, 0.2) is 0 Å². The third-order valence-electron chi connectivity index (χ3n) is 4.66. The van der Waals surface area contributed by atoms with Crippen LogP contribution in [0.1, 0.15) is 11.1 Å². The van der Waals surface area contributed by atoms with Crippen LogP contribution < -0.4 is 5.32 Å². The fourth-order valence-corrected chi connectivity index (χ4v) is 3.14. The van der Waals surface area contributed by atoms with Crippen molar-refractivity contribution in [2.24, 2.45) is 0 Å². The molecule has 0 radical (unpaired) electrons. The maximum atomic E-state index is 12.6. The van der Waals surface area contributed by atoms with Crippen molar-refractivity contribution < 1.29 is 22.5 Å². The number of hydrogen-bond donors (Lipinski definition) is 1. The lowest BCUT2D eigenvalue weighted by molar-refractivity contribution is -0.137. The van der Waals surface area contributed by atoms with Crippen molar-refractivity contribution in [3.63, 3.8) is 0 Å². The number of nitrogens with zero attached hydrogens (tertiary/aromatic N) is 3. The summed E-state index contributed by atoms with van der Waals surface area (Å²) in [6, 6.07) is 15.1. The zero-order chi connectivity index (χ0) is 22.7. The molecule has 0 bridgehead atoms. The van der Waals surface area contributed by atoms with Crippen LogP contribution in [0.4, 0.5) is 13.2 Å². The maximum absolute atomic E-state index is 12.6. The van der Waals surface area contributed by atoms with E-state index in [1.54, 1.807) is 47.2 Å². The summed E-state index contributed by atoms with van der Waals surface area (Å²) >= 11 is 5.89. The second kappa shape index (κ2) is 8.88. The number of alkyl halides is 3. The molecular formula is C22H16ClF3N4O2. The highest BCUT2D eigenvalue weighted by atomic mass is 35.5. The van der Waals surface area contributed by atoms with E-state index in [0.717, 1.165) is 17.7 Å². The Morgan fingerprint density at radius 1 is 1.06 bits per heavy atom. The summed E-state index contributed by atoms with van der Waals surface area (Å²) in [5.41, 5.74) is 1.12. The Morgan fingerprint density at radius 2 is 1.78 bits per heavy atom. The van der Waals surface area contributed by atoms with Crippen molar-refractivity contribution in [1.82, 2.24) is 20.0 Å². The molecule has 0 atom stereocenters. The Hall–Kier alpha value is -3.59. The molecule has 0 saturated heterocycles. The van der Waals surface area contributed by atoms with E-state index in [1.165, 1.54) is 12.1 Å². The fourth-order valence-electron chi connectivity index (χ4n) is 3.01. The quantitative estimate of drug-likeness (QED) is 0.429. The highest BCUT2D eigenvalue weighted by molar-refractivity contribution is 6.30. The van der Waals surface area contributed by atoms with Crippen molar-refractivity contribution in [3.05, 3.63) is 83.0 Å². The van der Waals surface area contributed by atoms with E-state index in [2.05, 4.69) is 15.5 Å². The van der Waals surface area contributed by atoms with Gasteiger partial charge in [-0.2, -0.15) is 18.2 Å². The van der Waals surface area contributed by atoms with Crippen molar-refractivity contribution in [3.8, 4) is 23.0 Å². The number of carbonyl (C=O) groups excluding carboxylic acids is 1. The average molecular weight is 461 g/mol. The van der Waals surface area contributed by atoms with Crippen LogP contribution in [0, 0.1) is 0 Å². The average Bonchev–Trinajstić information content (AvgIpc) is 3.42. The highest BCUT2D eigenvalue weighted by Gasteiger charge is 2.29. The van der Waals surface area contributed by atoms with E-state index in [0.29, 0.717) is 22.1 Å². The number of carbonyl (C=O) groups is 1. The fraction of sp³-hybridized carbons (Fsp3) is 0.136. The number of amides is 1. The smallest absolute Gasteiger partial charge is 0.350 e. The third-order valence-corrected chi connectivity index (χ3v) is 4.91. The first kappa shape index (κ1) is 21.6. The van der Waals surface area contributed by atoms with Gasteiger partial charge in [0, 0.05) is 23.3 Å². The van der Waals surface area contributed by atoms with Gasteiger partial charge in [-0.1, -0.05) is 28.9 Å². The summed E-state index contributed by atoms with van der Waals surface area (Å²) < 4.78 is 44.9. The largest absolute Gasteiger partial charge is 0.416 e. The summed E-state index contributed by atoms with van der Waals surface area (Å²) in [5, 5.41) is 7.25. The number of nitrogens with one attached hydrogen (secondary N) is 1. The van der Waals surface area contributed by atoms with Gasteiger partial charge in [-0.3, -0.25) is 4.79 Å². The molecule has 0 aliphatic carbocycles. The molecule has 10 heteroatoms. The number of hydrogen-bond acceptors (Lipinski definition) is 4. The van der Waals surface area contributed by atoms with Gasteiger partial charge in [0.2, 0.25) is 11.7 Å². The standard InChI is InChI=1S/C22H16ClF3N4O2/c23-17-9-5-15(6-10-17)20-28-21(32-29-20)18-2-1-11-30(18)13-19(31)27-12-14-3-7-16(8-4-14)22(24,25)26/h1-11H,12-13H2,(H,27,31). The third kappa shape index (κ3) is 5.00. The first-order valence-electron chi connectivity index (χ1n) is 9.47. The minimum Gasteiger partial charge on any atom is -0.350 e. The van der Waals surface area contributed by atoms with Crippen LogP contribution in [0.2, 0.25) is 5.02 Å². The molecule has 0 aliphatic rings. The lowest BCUT2D eigenvalue weighted by Gasteiger charge is -2.10. The molecule has 0 saturated carbocycles. The summed E-state index contributed by atoms with van der Waals surface area (Å²) in [4.78, 5) is 16.7. The van der Waals surface area contributed by atoms with Crippen molar-refractivity contribution in [2.45, 2.75) is 19.3 Å². The Bertz CT molecular complexity index is 1220. The molecule has 0 spiro atoms. The minimum atomic E-state index is -4.39. The molecule has 0 unspecified atom stereocenters. The molecule has 4 rings (SSSR count). The van der Waals surface area contributed by atoms with E-state index in [4.69, 9.17) is 16.1 Å². The SMILES string of the molecule is O=C(Cn1cccc1-c1nc(-c2ccc(Cl)cc2)no1)NCc1ccc(C(F)(F)F)cc1.